The highest BCUT2D eigenvalue weighted by Crippen LogP contribution is 2.38. The van der Waals surface area contributed by atoms with Crippen molar-refractivity contribution in [3.05, 3.63) is 29.8 Å². The molecule has 1 aliphatic rings. The topological polar surface area (TPSA) is 78.9 Å². The summed E-state index contributed by atoms with van der Waals surface area (Å²) in [6.45, 7) is 0.847. The van der Waals surface area contributed by atoms with E-state index >= 15 is 0 Å². The number of likely N-dealkylation sites (tertiary alicyclic amines) is 1. The number of ether oxygens (including phenoxy) is 1. The number of rotatable bonds is 6. The zero-order chi connectivity index (χ0) is 19.5. The van der Waals surface area contributed by atoms with Crippen LogP contribution in [0.25, 0.3) is 0 Å². The highest BCUT2D eigenvalue weighted by atomic mass is 19.4. The molecule has 0 aliphatic carbocycles. The Labute approximate surface area is 148 Å². The second kappa shape index (κ2) is 7.94. The lowest BCUT2D eigenvalue weighted by Gasteiger charge is -2.23. The predicted octanol–water partition coefficient (Wildman–Crippen LogP) is 1.89. The molecule has 0 bridgehead atoms. The van der Waals surface area contributed by atoms with Crippen LogP contribution >= 0.6 is 0 Å². The molecule has 0 radical (unpaired) electrons. The van der Waals surface area contributed by atoms with Crippen LogP contribution < -0.4 is 10.1 Å². The highest BCUT2D eigenvalue weighted by Gasteiger charge is 2.53. The molecule has 6 nitrogen and oxygen atoms in total. The number of methoxy groups -OCH3 is 1. The van der Waals surface area contributed by atoms with E-state index in [0.717, 1.165) is 5.56 Å². The van der Waals surface area contributed by atoms with Gasteiger partial charge in [-0.05, 0) is 24.6 Å². The first-order valence-corrected chi connectivity index (χ1v) is 8.07. The van der Waals surface area contributed by atoms with E-state index in [1.54, 1.807) is 24.3 Å². The standard InChI is InChI=1S/C17H21F3N2O4/c1-10(15(23)21-7-11-4-3-5-12(6-11)26-2)22-8-13(16(24)25)14(9-22)17(18,19)20/h3-6,10,13-14H,7-9H2,1-2H3,(H,21,23)(H,24,25)/t10?,13-,14-/m1/s1. The molecule has 1 heterocycles. The van der Waals surface area contributed by atoms with Crippen molar-refractivity contribution in [2.24, 2.45) is 11.8 Å². The molecule has 1 aromatic rings. The molecule has 1 fully saturated rings. The number of benzene rings is 1. The number of hydrogen-bond acceptors (Lipinski definition) is 4. The van der Waals surface area contributed by atoms with Gasteiger partial charge in [0.2, 0.25) is 5.91 Å². The van der Waals surface area contributed by atoms with E-state index in [-0.39, 0.29) is 13.1 Å². The molecule has 1 amide bonds. The molecule has 1 saturated heterocycles. The first-order chi connectivity index (χ1) is 12.1. The van der Waals surface area contributed by atoms with Crippen LogP contribution in [-0.4, -0.2) is 54.3 Å². The maximum atomic E-state index is 13.0. The smallest absolute Gasteiger partial charge is 0.393 e. The number of nitrogens with one attached hydrogen (secondary N) is 1. The van der Waals surface area contributed by atoms with Crippen molar-refractivity contribution >= 4 is 11.9 Å². The molecule has 2 rings (SSSR count). The number of amides is 1. The molecule has 2 N–H and O–H groups in total. The van der Waals surface area contributed by atoms with Crippen molar-refractivity contribution < 1.29 is 32.6 Å². The number of hydrogen-bond donors (Lipinski definition) is 2. The summed E-state index contributed by atoms with van der Waals surface area (Å²) < 4.78 is 44.2. The zero-order valence-electron chi connectivity index (χ0n) is 14.4. The zero-order valence-corrected chi connectivity index (χ0v) is 14.4. The monoisotopic (exact) mass is 374 g/mol. The number of alkyl halides is 3. The fourth-order valence-corrected chi connectivity index (χ4v) is 3.02. The molecule has 1 aliphatic heterocycles. The van der Waals surface area contributed by atoms with Gasteiger partial charge >= 0.3 is 12.1 Å². The molecule has 1 unspecified atom stereocenters. The fourth-order valence-electron chi connectivity index (χ4n) is 3.02. The van der Waals surface area contributed by atoms with E-state index in [9.17, 15) is 22.8 Å². The van der Waals surface area contributed by atoms with Crippen LogP contribution in [0, 0.1) is 11.8 Å². The van der Waals surface area contributed by atoms with Gasteiger partial charge in [0.1, 0.15) is 5.75 Å². The minimum Gasteiger partial charge on any atom is -0.497 e. The van der Waals surface area contributed by atoms with Gasteiger partial charge in [0.05, 0.1) is 25.0 Å². The summed E-state index contributed by atoms with van der Waals surface area (Å²) >= 11 is 0. The van der Waals surface area contributed by atoms with Gasteiger partial charge in [0, 0.05) is 19.6 Å². The normalized spacial score (nSPS) is 22.0. The molecule has 0 spiro atoms. The SMILES string of the molecule is COc1cccc(CNC(=O)C(C)N2C[C@@H](C(F)(F)F)[C@H](C(=O)O)C2)c1. The Bertz CT molecular complexity index is 666. The number of carboxylic acid groups (broad SMARTS) is 1. The van der Waals surface area contributed by atoms with E-state index < -0.39 is 42.5 Å². The second-order valence-electron chi connectivity index (χ2n) is 6.29. The summed E-state index contributed by atoms with van der Waals surface area (Å²) in [6, 6.07) is 6.16. The average Bonchev–Trinajstić information content (AvgIpc) is 3.05. The highest BCUT2D eigenvalue weighted by molar-refractivity contribution is 5.81. The lowest BCUT2D eigenvalue weighted by atomic mass is 9.96. The largest absolute Gasteiger partial charge is 0.497 e. The second-order valence-corrected chi connectivity index (χ2v) is 6.29. The van der Waals surface area contributed by atoms with E-state index in [0.29, 0.717) is 5.75 Å². The first kappa shape index (κ1) is 20.0. The van der Waals surface area contributed by atoms with Crippen LogP contribution in [0.5, 0.6) is 5.75 Å². The van der Waals surface area contributed by atoms with Gasteiger partial charge in [-0.3, -0.25) is 14.5 Å². The lowest BCUT2D eigenvalue weighted by molar-refractivity contribution is -0.188. The number of carboxylic acids is 1. The van der Waals surface area contributed by atoms with Gasteiger partial charge in [-0.15, -0.1) is 0 Å². The molecule has 1 aromatic carbocycles. The van der Waals surface area contributed by atoms with Gasteiger partial charge < -0.3 is 15.2 Å². The summed E-state index contributed by atoms with van der Waals surface area (Å²) in [5.41, 5.74) is 0.780. The van der Waals surface area contributed by atoms with Crippen LogP contribution in [0.2, 0.25) is 0 Å². The molecule has 0 saturated carbocycles. The number of aliphatic carboxylic acids is 1. The molecular formula is C17H21F3N2O4. The van der Waals surface area contributed by atoms with Gasteiger partial charge in [-0.25, -0.2) is 0 Å². The Morgan fingerprint density at radius 3 is 2.62 bits per heavy atom. The maximum absolute atomic E-state index is 13.0. The Balaban J connectivity index is 1.98. The summed E-state index contributed by atoms with van der Waals surface area (Å²) in [5, 5.41) is 11.7. The molecule has 0 aromatic heterocycles. The third-order valence-corrected chi connectivity index (χ3v) is 4.61. The molecule has 3 atom stereocenters. The summed E-state index contributed by atoms with van der Waals surface area (Å²) in [5.74, 6) is -4.88. The van der Waals surface area contributed by atoms with E-state index in [4.69, 9.17) is 9.84 Å². The number of carbonyl (C=O) groups is 2. The fraction of sp³-hybridized carbons (Fsp3) is 0.529. The Kier molecular flexibility index (Phi) is 6.12. The van der Waals surface area contributed by atoms with Crippen molar-refractivity contribution in [3.8, 4) is 5.75 Å². The van der Waals surface area contributed by atoms with Gasteiger partial charge in [-0.2, -0.15) is 13.2 Å². The first-order valence-electron chi connectivity index (χ1n) is 8.07. The van der Waals surface area contributed by atoms with Crippen molar-refractivity contribution in [1.82, 2.24) is 10.2 Å². The maximum Gasteiger partial charge on any atom is 0.393 e. The number of nitrogens with zero attached hydrogens (tertiary/aromatic N) is 1. The van der Waals surface area contributed by atoms with Crippen molar-refractivity contribution in [2.45, 2.75) is 25.7 Å². The third-order valence-electron chi connectivity index (χ3n) is 4.61. The summed E-state index contributed by atoms with van der Waals surface area (Å²) in [7, 11) is 1.52. The molecular weight excluding hydrogens is 353 g/mol. The minimum atomic E-state index is -4.62. The summed E-state index contributed by atoms with van der Waals surface area (Å²) in [6.07, 6.45) is -4.62. The number of halogens is 3. The van der Waals surface area contributed by atoms with Crippen LogP contribution in [0.15, 0.2) is 24.3 Å². The van der Waals surface area contributed by atoms with Crippen molar-refractivity contribution in [3.63, 3.8) is 0 Å². The van der Waals surface area contributed by atoms with Gasteiger partial charge in [0.15, 0.2) is 0 Å². The molecule has 26 heavy (non-hydrogen) atoms. The van der Waals surface area contributed by atoms with E-state index in [1.165, 1.54) is 18.9 Å². The lowest BCUT2D eigenvalue weighted by Crippen LogP contribution is -2.44. The van der Waals surface area contributed by atoms with Gasteiger partial charge in [-0.1, -0.05) is 12.1 Å². The van der Waals surface area contributed by atoms with Crippen LogP contribution in [0.1, 0.15) is 12.5 Å². The van der Waals surface area contributed by atoms with E-state index in [1.807, 2.05) is 0 Å². The van der Waals surface area contributed by atoms with Crippen molar-refractivity contribution in [2.75, 3.05) is 20.2 Å². The Hall–Kier alpha value is -2.29. The molecule has 144 valence electrons. The Morgan fingerprint density at radius 2 is 2.08 bits per heavy atom. The number of carbonyl (C=O) groups excluding carboxylic acids is 1. The summed E-state index contributed by atoms with van der Waals surface area (Å²) in [4.78, 5) is 24.7. The van der Waals surface area contributed by atoms with Crippen LogP contribution in [0.4, 0.5) is 13.2 Å². The van der Waals surface area contributed by atoms with Gasteiger partial charge in [0.25, 0.3) is 0 Å². The quantitative estimate of drug-likeness (QED) is 0.795. The van der Waals surface area contributed by atoms with Crippen LogP contribution in [-0.2, 0) is 16.1 Å². The predicted molar refractivity (Wildman–Crippen MR) is 86.5 cm³/mol. The third kappa shape index (κ3) is 4.66. The van der Waals surface area contributed by atoms with Crippen LogP contribution in [0.3, 0.4) is 0 Å². The van der Waals surface area contributed by atoms with Crippen molar-refractivity contribution in [1.29, 1.82) is 0 Å². The minimum absolute atomic E-state index is 0.194. The molecule has 9 heteroatoms. The Morgan fingerprint density at radius 1 is 1.38 bits per heavy atom. The average molecular weight is 374 g/mol. The van der Waals surface area contributed by atoms with E-state index in [2.05, 4.69) is 5.32 Å².